The van der Waals surface area contributed by atoms with Gasteiger partial charge < -0.3 is 15.0 Å². The Hall–Kier alpha value is -3.19. The predicted molar refractivity (Wildman–Crippen MR) is 115 cm³/mol. The minimum Gasteiger partial charge on any atom is -0.372 e. The number of aryl methyl sites for hydroxylation is 1. The molecule has 1 saturated heterocycles. The fourth-order valence-corrected chi connectivity index (χ4v) is 3.83. The number of ether oxygens (including phenoxy) is 1. The molecule has 2 aromatic carbocycles. The number of halogens is 1. The van der Waals surface area contributed by atoms with Crippen LogP contribution in [-0.4, -0.2) is 41.0 Å². The lowest BCUT2D eigenvalue weighted by molar-refractivity contribution is -0.00539. The first-order chi connectivity index (χ1) is 14.4. The maximum Gasteiger partial charge on any atom is 0.276 e. The van der Waals surface area contributed by atoms with Gasteiger partial charge in [-0.25, -0.2) is 9.07 Å². The van der Waals surface area contributed by atoms with Crippen molar-refractivity contribution in [2.75, 3.05) is 23.3 Å². The number of morpholine rings is 1. The van der Waals surface area contributed by atoms with Crippen LogP contribution in [0.15, 0.2) is 54.6 Å². The van der Waals surface area contributed by atoms with E-state index in [-0.39, 0.29) is 29.6 Å². The fourth-order valence-electron chi connectivity index (χ4n) is 3.83. The maximum atomic E-state index is 14.8. The molecule has 0 saturated carbocycles. The minimum absolute atomic E-state index is 0.0375. The number of aromatic nitrogens is 2. The zero-order chi connectivity index (χ0) is 21.3. The molecule has 0 radical (unpaired) electrons. The van der Waals surface area contributed by atoms with E-state index in [9.17, 15) is 9.18 Å². The Labute approximate surface area is 175 Å². The standard InChI is InChI=1S/C23H25FN4O2/c1-15-11-21(26-28(15)19-7-5-4-6-8-19)23(29)25-18-9-10-22(20(24)12-18)27-13-16(2)30-17(3)14-27/h4-12,16-17H,13-14H2,1-3H3,(H,25,29). The van der Waals surface area contributed by atoms with Gasteiger partial charge in [0.25, 0.3) is 5.91 Å². The predicted octanol–water partition coefficient (Wildman–Crippen LogP) is 4.19. The van der Waals surface area contributed by atoms with Gasteiger partial charge in [-0.2, -0.15) is 5.10 Å². The third kappa shape index (κ3) is 4.21. The van der Waals surface area contributed by atoms with Gasteiger partial charge in [-0.05, 0) is 57.2 Å². The van der Waals surface area contributed by atoms with Crippen LogP contribution in [0.5, 0.6) is 0 Å². The summed E-state index contributed by atoms with van der Waals surface area (Å²) in [7, 11) is 0. The SMILES string of the molecule is Cc1cc(C(=O)Nc2ccc(N3CC(C)OC(C)C3)c(F)c2)nn1-c1ccccc1. The van der Waals surface area contributed by atoms with Crippen molar-refractivity contribution < 1.29 is 13.9 Å². The Balaban J connectivity index is 1.50. The lowest BCUT2D eigenvalue weighted by Crippen LogP contribution is -2.45. The van der Waals surface area contributed by atoms with Crippen molar-refractivity contribution in [1.29, 1.82) is 0 Å². The number of benzene rings is 2. The summed E-state index contributed by atoms with van der Waals surface area (Å²) in [6.45, 7) is 7.10. The van der Waals surface area contributed by atoms with Crippen LogP contribution in [0.3, 0.4) is 0 Å². The second-order valence-corrected chi connectivity index (χ2v) is 7.70. The van der Waals surface area contributed by atoms with Gasteiger partial charge in [0.1, 0.15) is 5.82 Å². The number of hydrogen-bond acceptors (Lipinski definition) is 4. The lowest BCUT2D eigenvalue weighted by atomic mass is 10.2. The molecule has 4 rings (SSSR count). The van der Waals surface area contributed by atoms with Crippen molar-refractivity contribution in [1.82, 2.24) is 9.78 Å². The smallest absolute Gasteiger partial charge is 0.276 e. The number of carbonyl (C=O) groups excluding carboxylic acids is 1. The second kappa shape index (κ2) is 8.28. The zero-order valence-electron chi connectivity index (χ0n) is 17.3. The number of anilines is 2. The molecule has 2 atom stereocenters. The molecule has 1 aliphatic rings. The maximum absolute atomic E-state index is 14.8. The quantitative estimate of drug-likeness (QED) is 0.703. The minimum atomic E-state index is -0.381. The van der Waals surface area contributed by atoms with Gasteiger partial charge in [0.2, 0.25) is 0 Å². The average Bonchev–Trinajstić information content (AvgIpc) is 3.10. The lowest BCUT2D eigenvalue weighted by Gasteiger charge is -2.37. The van der Waals surface area contributed by atoms with Gasteiger partial charge in [-0.15, -0.1) is 0 Å². The van der Waals surface area contributed by atoms with Crippen LogP contribution in [0.25, 0.3) is 5.69 Å². The molecule has 2 heterocycles. The summed E-state index contributed by atoms with van der Waals surface area (Å²) in [5, 5.41) is 7.14. The van der Waals surface area contributed by atoms with Crippen molar-refractivity contribution in [3.8, 4) is 5.69 Å². The third-order valence-corrected chi connectivity index (χ3v) is 5.09. The number of hydrogen-bond donors (Lipinski definition) is 1. The van der Waals surface area contributed by atoms with Crippen molar-refractivity contribution >= 4 is 17.3 Å². The topological polar surface area (TPSA) is 59.4 Å². The van der Waals surface area contributed by atoms with Gasteiger partial charge in [0.15, 0.2) is 5.69 Å². The van der Waals surface area contributed by atoms with Gasteiger partial charge in [-0.3, -0.25) is 4.79 Å². The van der Waals surface area contributed by atoms with E-state index in [2.05, 4.69) is 10.4 Å². The fraction of sp³-hybridized carbons (Fsp3) is 0.304. The van der Waals surface area contributed by atoms with E-state index in [4.69, 9.17) is 4.74 Å². The van der Waals surface area contributed by atoms with E-state index < -0.39 is 0 Å². The largest absolute Gasteiger partial charge is 0.372 e. The van der Waals surface area contributed by atoms with Crippen LogP contribution in [0.1, 0.15) is 30.0 Å². The van der Waals surface area contributed by atoms with Crippen LogP contribution in [0, 0.1) is 12.7 Å². The van der Waals surface area contributed by atoms with E-state index >= 15 is 0 Å². The summed E-state index contributed by atoms with van der Waals surface area (Å²) >= 11 is 0. The zero-order valence-corrected chi connectivity index (χ0v) is 17.3. The van der Waals surface area contributed by atoms with Crippen molar-refractivity contribution in [2.45, 2.75) is 33.0 Å². The number of para-hydroxylation sites is 1. The summed E-state index contributed by atoms with van der Waals surface area (Å²) in [4.78, 5) is 14.6. The summed E-state index contributed by atoms with van der Waals surface area (Å²) in [5.41, 5.74) is 2.89. The molecule has 3 aromatic rings. The normalized spacial score (nSPS) is 19.0. The monoisotopic (exact) mass is 408 g/mol. The molecule has 1 fully saturated rings. The van der Waals surface area contributed by atoms with Gasteiger partial charge >= 0.3 is 0 Å². The Morgan fingerprint density at radius 1 is 1.10 bits per heavy atom. The third-order valence-electron chi connectivity index (χ3n) is 5.09. The molecule has 30 heavy (non-hydrogen) atoms. The molecule has 7 heteroatoms. The highest BCUT2D eigenvalue weighted by atomic mass is 19.1. The Kier molecular flexibility index (Phi) is 5.55. The summed E-state index contributed by atoms with van der Waals surface area (Å²) in [6, 6.07) is 16.1. The number of nitrogens with zero attached hydrogens (tertiary/aromatic N) is 3. The van der Waals surface area contributed by atoms with E-state index in [0.29, 0.717) is 24.5 Å². The van der Waals surface area contributed by atoms with E-state index in [0.717, 1.165) is 11.4 Å². The molecule has 156 valence electrons. The van der Waals surface area contributed by atoms with E-state index in [1.54, 1.807) is 22.9 Å². The van der Waals surface area contributed by atoms with Crippen molar-refractivity contribution in [3.05, 3.63) is 71.8 Å². The highest BCUT2D eigenvalue weighted by molar-refractivity contribution is 6.03. The summed E-state index contributed by atoms with van der Waals surface area (Å²) in [6.07, 6.45) is 0.0750. The number of amides is 1. The summed E-state index contributed by atoms with van der Waals surface area (Å²) < 4.78 is 22.2. The number of nitrogens with one attached hydrogen (secondary N) is 1. The van der Waals surface area contributed by atoms with Crippen LogP contribution in [0.4, 0.5) is 15.8 Å². The molecule has 1 N–H and O–H groups in total. The molecule has 0 spiro atoms. The van der Waals surface area contributed by atoms with E-state index in [1.807, 2.05) is 56.0 Å². The average molecular weight is 408 g/mol. The second-order valence-electron chi connectivity index (χ2n) is 7.70. The van der Waals surface area contributed by atoms with Gasteiger partial charge in [0, 0.05) is 24.5 Å². The number of rotatable bonds is 4. The van der Waals surface area contributed by atoms with Crippen LogP contribution in [-0.2, 0) is 4.74 Å². The van der Waals surface area contributed by atoms with Crippen LogP contribution in [0.2, 0.25) is 0 Å². The van der Waals surface area contributed by atoms with E-state index in [1.165, 1.54) is 6.07 Å². The Bertz CT molecular complexity index is 1040. The summed E-state index contributed by atoms with van der Waals surface area (Å²) in [5.74, 6) is -0.756. The van der Waals surface area contributed by atoms with Crippen LogP contribution < -0.4 is 10.2 Å². The molecule has 1 aliphatic heterocycles. The first kappa shape index (κ1) is 20.1. The highest BCUT2D eigenvalue weighted by Gasteiger charge is 2.24. The number of carbonyl (C=O) groups is 1. The molecule has 0 aliphatic carbocycles. The molecule has 1 aromatic heterocycles. The van der Waals surface area contributed by atoms with Gasteiger partial charge in [0.05, 0.1) is 23.6 Å². The molecular formula is C23H25FN4O2. The van der Waals surface area contributed by atoms with Crippen molar-refractivity contribution in [2.24, 2.45) is 0 Å². The Morgan fingerprint density at radius 2 is 1.80 bits per heavy atom. The first-order valence-electron chi connectivity index (χ1n) is 10.0. The molecule has 6 nitrogen and oxygen atoms in total. The van der Waals surface area contributed by atoms with Crippen LogP contribution >= 0.6 is 0 Å². The molecule has 2 unspecified atom stereocenters. The van der Waals surface area contributed by atoms with Gasteiger partial charge in [-0.1, -0.05) is 18.2 Å². The Morgan fingerprint density at radius 3 is 2.47 bits per heavy atom. The molecule has 0 bridgehead atoms. The highest BCUT2D eigenvalue weighted by Crippen LogP contribution is 2.26. The van der Waals surface area contributed by atoms with Crippen molar-refractivity contribution in [3.63, 3.8) is 0 Å². The molecule has 1 amide bonds. The first-order valence-corrected chi connectivity index (χ1v) is 10.0. The molecular weight excluding hydrogens is 383 g/mol.